The highest BCUT2D eigenvalue weighted by atomic mass is 35.5. The number of nitrogens with zero attached hydrogens (tertiary/aromatic N) is 2. The van der Waals surface area contributed by atoms with Gasteiger partial charge in [0.25, 0.3) is 5.56 Å². The predicted molar refractivity (Wildman–Crippen MR) is 113 cm³/mol. The van der Waals surface area contributed by atoms with Crippen molar-refractivity contribution in [2.24, 2.45) is 0 Å². The van der Waals surface area contributed by atoms with Gasteiger partial charge in [-0.15, -0.1) is 0 Å². The molecule has 3 aromatic rings. The summed E-state index contributed by atoms with van der Waals surface area (Å²) in [6, 6.07) is 13.8. The molecule has 7 heteroatoms. The van der Waals surface area contributed by atoms with Crippen LogP contribution in [0.15, 0.2) is 59.7 Å². The van der Waals surface area contributed by atoms with Crippen LogP contribution in [0.2, 0.25) is 5.02 Å². The number of thioether (sulfide) groups is 1. The van der Waals surface area contributed by atoms with Gasteiger partial charge in [-0.3, -0.25) is 14.8 Å². The monoisotopic (exact) mass is 400 g/mol. The summed E-state index contributed by atoms with van der Waals surface area (Å²) in [5.74, 6) is 2.11. The number of aromatic amines is 1. The van der Waals surface area contributed by atoms with E-state index in [1.54, 1.807) is 24.2 Å². The number of halogens is 1. The molecule has 0 fully saturated rings. The second kappa shape index (κ2) is 10.1. The summed E-state index contributed by atoms with van der Waals surface area (Å²) in [5.41, 5.74) is 2.71. The minimum atomic E-state index is -0.0867. The Bertz CT molecular complexity index is 917. The van der Waals surface area contributed by atoms with Gasteiger partial charge < -0.3 is 5.32 Å². The minimum Gasteiger partial charge on any atom is -0.355 e. The van der Waals surface area contributed by atoms with E-state index in [1.165, 1.54) is 5.56 Å². The highest BCUT2D eigenvalue weighted by Gasteiger charge is 2.04. The van der Waals surface area contributed by atoms with Gasteiger partial charge >= 0.3 is 0 Å². The summed E-state index contributed by atoms with van der Waals surface area (Å²) in [5, 5.41) is 3.84. The molecule has 0 amide bonds. The van der Waals surface area contributed by atoms with Crippen LogP contribution in [-0.4, -0.2) is 27.2 Å². The number of anilines is 1. The Hall–Kier alpha value is -2.31. The van der Waals surface area contributed by atoms with Crippen molar-refractivity contribution in [1.82, 2.24) is 15.0 Å². The van der Waals surface area contributed by atoms with Crippen molar-refractivity contribution < 1.29 is 0 Å². The predicted octanol–water partition coefficient (Wildman–Crippen LogP) is 3.95. The van der Waals surface area contributed by atoms with E-state index >= 15 is 0 Å². The second-order valence-corrected chi connectivity index (χ2v) is 7.50. The van der Waals surface area contributed by atoms with Crippen LogP contribution in [0.25, 0.3) is 0 Å². The Balaban J connectivity index is 1.42. The molecule has 0 aliphatic heterocycles. The molecule has 0 saturated carbocycles. The van der Waals surface area contributed by atoms with E-state index in [-0.39, 0.29) is 5.56 Å². The summed E-state index contributed by atoms with van der Waals surface area (Å²) in [6.07, 6.45) is 4.90. The summed E-state index contributed by atoms with van der Waals surface area (Å²) >= 11 is 7.81. The van der Waals surface area contributed by atoms with E-state index in [1.807, 2.05) is 30.3 Å². The number of aromatic nitrogens is 3. The van der Waals surface area contributed by atoms with E-state index in [2.05, 4.69) is 32.4 Å². The van der Waals surface area contributed by atoms with E-state index in [9.17, 15) is 4.79 Å². The molecular formula is C20H21ClN4OS. The molecule has 140 valence electrons. The van der Waals surface area contributed by atoms with Crippen LogP contribution in [0, 0.1) is 0 Å². The molecule has 0 saturated heterocycles. The molecule has 0 spiro atoms. The molecule has 3 rings (SSSR count). The zero-order chi connectivity index (χ0) is 18.9. The topological polar surface area (TPSA) is 70.7 Å². The Labute approximate surface area is 167 Å². The molecule has 2 aromatic heterocycles. The van der Waals surface area contributed by atoms with E-state index in [0.717, 1.165) is 23.6 Å². The number of hydrogen-bond acceptors (Lipinski definition) is 5. The van der Waals surface area contributed by atoms with E-state index in [0.29, 0.717) is 29.5 Å². The molecule has 27 heavy (non-hydrogen) atoms. The molecule has 0 radical (unpaired) electrons. The minimum absolute atomic E-state index is 0.0867. The van der Waals surface area contributed by atoms with E-state index in [4.69, 9.17) is 11.6 Å². The van der Waals surface area contributed by atoms with Crippen molar-refractivity contribution in [2.45, 2.75) is 18.6 Å². The Morgan fingerprint density at radius 3 is 2.70 bits per heavy atom. The maximum atomic E-state index is 12.2. The first-order valence-corrected chi connectivity index (χ1v) is 10.3. The Morgan fingerprint density at radius 2 is 1.93 bits per heavy atom. The van der Waals surface area contributed by atoms with Gasteiger partial charge in [0.05, 0.1) is 10.7 Å². The van der Waals surface area contributed by atoms with Crippen molar-refractivity contribution in [1.29, 1.82) is 0 Å². The number of rotatable bonds is 9. The van der Waals surface area contributed by atoms with Crippen LogP contribution in [0.3, 0.4) is 0 Å². The van der Waals surface area contributed by atoms with Crippen molar-refractivity contribution in [3.05, 3.63) is 87.1 Å². The van der Waals surface area contributed by atoms with Gasteiger partial charge in [-0.2, -0.15) is 11.8 Å². The van der Waals surface area contributed by atoms with Crippen LogP contribution >= 0.6 is 23.4 Å². The highest BCUT2D eigenvalue weighted by molar-refractivity contribution is 7.98. The van der Waals surface area contributed by atoms with Crippen molar-refractivity contribution in [3.63, 3.8) is 0 Å². The first kappa shape index (κ1) is 19.5. The lowest BCUT2D eigenvalue weighted by Crippen LogP contribution is -2.18. The number of benzene rings is 1. The van der Waals surface area contributed by atoms with Gasteiger partial charge in [0.1, 0.15) is 0 Å². The first-order valence-electron chi connectivity index (χ1n) is 8.75. The van der Waals surface area contributed by atoms with Gasteiger partial charge in [-0.1, -0.05) is 41.9 Å². The molecule has 2 N–H and O–H groups in total. The molecule has 1 aromatic carbocycles. The standard InChI is InChI=1S/C20H21ClN4OS/c21-17-7-4-10-22-18(17)14-27-12-11-23-20-24-13-16(19(26)25-20)9-8-15-5-2-1-3-6-15/h1-7,10,13H,8-9,11-12,14H2,(H2,23,24,25,26). The van der Waals surface area contributed by atoms with Gasteiger partial charge in [-0.05, 0) is 30.5 Å². The van der Waals surface area contributed by atoms with Crippen molar-refractivity contribution in [2.75, 3.05) is 17.6 Å². The smallest absolute Gasteiger partial charge is 0.255 e. The normalized spacial score (nSPS) is 10.7. The van der Waals surface area contributed by atoms with Crippen molar-refractivity contribution >= 4 is 29.3 Å². The van der Waals surface area contributed by atoms with Crippen molar-refractivity contribution in [3.8, 4) is 0 Å². The lowest BCUT2D eigenvalue weighted by atomic mass is 10.1. The summed E-state index contributed by atoms with van der Waals surface area (Å²) in [6.45, 7) is 0.696. The summed E-state index contributed by atoms with van der Waals surface area (Å²) in [4.78, 5) is 23.6. The maximum Gasteiger partial charge on any atom is 0.255 e. The number of H-pyrrole nitrogens is 1. The zero-order valence-corrected chi connectivity index (χ0v) is 16.4. The molecule has 0 aliphatic rings. The first-order chi connectivity index (χ1) is 13.2. The maximum absolute atomic E-state index is 12.2. The number of nitrogens with one attached hydrogen (secondary N) is 2. The van der Waals surface area contributed by atoms with Gasteiger partial charge in [-0.25, -0.2) is 4.98 Å². The quantitative estimate of drug-likeness (QED) is 0.532. The molecule has 2 heterocycles. The summed E-state index contributed by atoms with van der Waals surface area (Å²) < 4.78 is 0. The fourth-order valence-corrected chi connectivity index (χ4v) is 3.63. The van der Waals surface area contributed by atoms with Crippen LogP contribution < -0.4 is 10.9 Å². The number of hydrogen-bond donors (Lipinski definition) is 2. The third-order valence-corrected chi connectivity index (χ3v) is 5.33. The largest absolute Gasteiger partial charge is 0.355 e. The average Bonchev–Trinajstić information content (AvgIpc) is 2.69. The highest BCUT2D eigenvalue weighted by Crippen LogP contribution is 2.18. The van der Waals surface area contributed by atoms with E-state index < -0.39 is 0 Å². The summed E-state index contributed by atoms with van der Waals surface area (Å²) in [7, 11) is 0. The molecule has 0 bridgehead atoms. The number of pyridine rings is 1. The molecule has 0 aliphatic carbocycles. The number of aryl methyl sites for hydroxylation is 2. The van der Waals surface area contributed by atoms with Crippen LogP contribution in [0.1, 0.15) is 16.8 Å². The molecule has 0 unspecified atom stereocenters. The Kier molecular flexibility index (Phi) is 7.30. The van der Waals surface area contributed by atoms with Gasteiger partial charge in [0, 0.05) is 36.0 Å². The fourth-order valence-electron chi connectivity index (χ4n) is 2.55. The van der Waals surface area contributed by atoms with Crippen LogP contribution in [-0.2, 0) is 18.6 Å². The molecule has 5 nitrogen and oxygen atoms in total. The Morgan fingerprint density at radius 1 is 1.07 bits per heavy atom. The van der Waals surface area contributed by atoms with Gasteiger partial charge in [0.2, 0.25) is 5.95 Å². The molecule has 0 atom stereocenters. The second-order valence-electron chi connectivity index (χ2n) is 5.98. The van der Waals surface area contributed by atoms with Crippen LogP contribution in [0.4, 0.5) is 5.95 Å². The lowest BCUT2D eigenvalue weighted by molar-refractivity contribution is 0.911. The zero-order valence-electron chi connectivity index (χ0n) is 14.8. The lowest BCUT2D eigenvalue weighted by Gasteiger charge is -2.07. The SMILES string of the molecule is O=c1[nH]c(NCCSCc2ncccc2Cl)ncc1CCc1ccccc1. The fraction of sp³-hybridized carbons (Fsp3) is 0.250. The average molecular weight is 401 g/mol. The third kappa shape index (κ3) is 6.12. The van der Waals surface area contributed by atoms with Crippen LogP contribution in [0.5, 0.6) is 0 Å². The van der Waals surface area contributed by atoms with Gasteiger partial charge in [0.15, 0.2) is 0 Å². The third-order valence-electron chi connectivity index (χ3n) is 4.01. The molecular weight excluding hydrogens is 380 g/mol.